The smallest absolute Gasteiger partial charge is 0.124 e. The van der Waals surface area contributed by atoms with Gasteiger partial charge >= 0.3 is 0 Å². The monoisotopic (exact) mass is 245 g/mol. The van der Waals surface area contributed by atoms with Crippen LogP contribution in [0.3, 0.4) is 0 Å². The van der Waals surface area contributed by atoms with Gasteiger partial charge in [-0.15, -0.1) is 0 Å². The predicted octanol–water partition coefficient (Wildman–Crippen LogP) is 3.60. The number of nitrogens with two attached hydrogens (primary N) is 1. The van der Waals surface area contributed by atoms with E-state index in [0.717, 1.165) is 22.4 Å². The van der Waals surface area contributed by atoms with Crippen LogP contribution in [0.15, 0.2) is 36.4 Å². The summed E-state index contributed by atoms with van der Waals surface area (Å²) in [7, 11) is 0. The van der Waals surface area contributed by atoms with Gasteiger partial charge in [-0.1, -0.05) is 12.1 Å². The van der Waals surface area contributed by atoms with Crippen molar-refractivity contribution >= 4 is 5.69 Å². The highest BCUT2D eigenvalue weighted by molar-refractivity contribution is 5.48. The molecule has 0 spiro atoms. The normalized spacial score (nSPS) is 10.4. The maximum atomic E-state index is 13.1. The van der Waals surface area contributed by atoms with Gasteiger partial charge in [0.25, 0.3) is 0 Å². The Morgan fingerprint density at radius 1 is 1.06 bits per heavy atom. The summed E-state index contributed by atoms with van der Waals surface area (Å²) in [6.45, 7) is 4.23. The number of benzene rings is 2. The van der Waals surface area contributed by atoms with Gasteiger partial charge in [0.05, 0.1) is 0 Å². The third kappa shape index (κ3) is 2.80. The summed E-state index contributed by atoms with van der Waals surface area (Å²) >= 11 is 0. The number of nitrogen functional groups attached to an aromatic ring is 1. The van der Waals surface area contributed by atoms with Gasteiger partial charge in [0.1, 0.15) is 18.2 Å². The van der Waals surface area contributed by atoms with Crippen molar-refractivity contribution in [1.29, 1.82) is 0 Å². The first-order valence-corrected chi connectivity index (χ1v) is 5.80. The Balaban J connectivity index is 2.16. The average Bonchev–Trinajstić information content (AvgIpc) is 2.34. The molecule has 0 bridgehead atoms. The minimum absolute atomic E-state index is 0.247. The second-order valence-corrected chi connectivity index (χ2v) is 4.38. The van der Waals surface area contributed by atoms with E-state index in [4.69, 9.17) is 10.5 Å². The lowest BCUT2D eigenvalue weighted by Crippen LogP contribution is -2.00. The molecule has 0 atom stereocenters. The van der Waals surface area contributed by atoms with Gasteiger partial charge in [0.15, 0.2) is 0 Å². The van der Waals surface area contributed by atoms with Crippen molar-refractivity contribution in [1.82, 2.24) is 0 Å². The Morgan fingerprint density at radius 2 is 1.78 bits per heavy atom. The van der Waals surface area contributed by atoms with E-state index in [1.807, 2.05) is 26.0 Å². The first-order chi connectivity index (χ1) is 8.56. The van der Waals surface area contributed by atoms with Gasteiger partial charge < -0.3 is 10.5 Å². The van der Waals surface area contributed by atoms with Crippen LogP contribution >= 0.6 is 0 Å². The molecular weight excluding hydrogens is 229 g/mol. The van der Waals surface area contributed by atoms with Crippen LogP contribution in [0, 0.1) is 19.7 Å². The van der Waals surface area contributed by atoms with Gasteiger partial charge in [0.2, 0.25) is 0 Å². The molecule has 0 aliphatic carbocycles. The summed E-state index contributed by atoms with van der Waals surface area (Å²) in [5.41, 5.74) is 9.24. The summed E-state index contributed by atoms with van der Waals surface area (Å²) in [6, 6.07) is 10.2. The fourth-order valence-electron chi connectivity index (χ4n) is 1.72. The lowest BCUT2D eigenvalue weighted by Gasteiger charge is -2.11. The zero-order valence-electron chi connectivity index (χ0n) is 10.5. The van der Waals surface area contributed by atoms with Gasteiger partial charge in [-0.2, -0.15) is 0 Å². The first kappa shape index (κ1) is 12.4. The van der Waals surface area contributed by atoms with E-state index < -0.39 is 0 Å². The minimum atomic E-state index is -0.247. The van der Waals surface area contributed by atoms with Gasteiger partial charge in [-0.25, -0.2) is 4.39 Å². The number of halogens is 1. The molecule has 0 unspecified atom stereocenters. The Morgan fingerprint density at radius 3 is 2.56 bits per heavy atom. The Kier molecular flexibility index (Phi) is 3.51. The summed E-state index contributed by atoms with van der Waals surface area (Å²) in [5, 5.41) is 0. The largest absolute Gasteiger partial charge is 0.489 e. The molecule has 0 aromatic heterocycles. The minimum Gasteiger partial charge on any atom is -0.489 e. The highest BCUT2D eigenvalue weighted by Gasteiger charge is 2.04. The van der Waals surface area contributed by atoms with E-state index in [9.17, 15) is 4.39 Å². The lowest BCUT2D eigenvalue weighted by atomic mass is 10.1. The third-order valence-corrected chi connectivity index (χ3v) is 2.91. The summed E-state index contributed by atoms with van der Waals surface area (Å²) < 4.78 is 18.8. The molecule has 18 heavy (non-hydrogen) atoms. The van der Waals surface area contributed by atoms with E-state index in [1.165, 1.54) is 12.1 Å². The molecule has 2 nitrogen and oxygen atoms in total. The van der Waals surface area contributed by atoms with Crippen molar-refractivity contribution in [3.05, 3.63) is 58.9 Å². The zero-order valence-corrected chi connectivity index (χ0v) is 10.5. The maximum absolute atomic E-state index is 13.1. The molecular formula is C15H16FNO. The van der Waals surface area contributed by atoms with E-state index in [2.05, 4.69) is 0 Å². The molecule has 0 aliphatic heterocycles. The molecule has 3 heteroatoms. The molecule has 0 fully saturated rings. The van der Waals surface area contributed by atoms with Crippen LogP contribution in [-0.2, 0) is 6.61 Å². The standard InChI is InChI=1S/C15H16FNO/c1-10-3-5-13(16)7-12(10)9-18-15-8-14(17)6-4-11(15)2/h3-8H,9,17H2,1-2H3. The number of aryl methyl sites for hydroxylation is 2. The maximum Gasteiger partial charge on any atom is 0.124 e. The molecule has 0 heterocycles. The molecule has 94 valence electrons. The Hall–Kier alpha value is -2.03. The van der Waals surface area contributed by atoms with E-state index in [-0.39, 0.29) is 5.82 Å². The second-order valence-electron chi connectivity index (χ2n) is 4.38. The molecule has 0 aliphatic rings. The predicted molar refractivity (Wildman–Crippen MR) is 71.1 cm³/mol. The number of anilines is 1. The van der Waals surface area contributed by atoms with Crippen LogP contribution < -0.4 is 10.5 Å². The second kappa shape index (κ2) is 5.08. The molecule has 2 rings (SSSR count). The van der Waals surface area contributed by atoms with Crippen molar-refractivity contribution < 1.29 is 9.13 Å². The van der Waals surface area contributed by atoms with Crippen molar-refractivity contribution in [3.8, 4) is 5.75 Å². The van der Waals surface area contributed by atoms with Crippen LogP contribution in [0.1, 0.15) is 16.7 Å². The van der Waals surface area contributed by atoms with E-state index in [0.29, 0.717) is 12.3 Å². The van der Waals surface area contributed by atoms with Crippen molar-refractivity contribution in [3.63, 3.8) is 0 Å². The number of hydrogen-bond acceptors (Lipinski definition) is 2. The summed E-state index contributed by atoms with van der Waals surface area (Å²) in [4.78, 5) is 0. The summed E-state index contributed by atoms with van der Waals surface area (Å²) in [5.74, 6) is 0.488. The highest BCUT2D eigenvalue weighted by atomic mass is 19.1. The van der Waals surface area contributed by atoms with E-state index in [1.54, 1.807) is 12.1 Å². The fourth-order valence-corrected chi connectivity index (χ4v) is 1.72. The SMILES string of the molecule is Cc1ccc(F)cc1COc1cc(N)ccc1C. The third-order valence-electron chi connectivity index (χ3n) is 2.91. The van der Waals surface area contributed by atoms with Gasteiger partial charge in [-0.3, -0.25) is 0 Å². The van der Waals surface area contributed by atoms with Crippen LogP contribution in [0.2, 0.25) is 0 Å². The number of hydrogen-bond donors (Lipinski definition) is 1. The molecule has 2 aromatic rings. The zero-order chi connectivity index (χ0) is 13.1. The molecule has 0 saturated carbocycles. The first-order valence-electron chi connectivity index (χ1n) is 5.80. The Bertz CT molecular complexity index is 515. The van der Waals surface area contributed by atoms with Crippen LogP contribution in [0.4, 0.5) is 10.1 Å². The van der Waals surface area contributed by atoms with Crippen molar-refractivity contribution in [2.24, 2.45) is 0 Å². The molecule has 0 saturated heterocycles. The topological polar surface area (TPSA) is 35.2 Å². The Labute approximate surface area is 106 Å². The molecule has 0 radical (unpaired) electrons. The van der Waals surface area contributed by atoms with Gasteiger partial charge in [-0.05, 0) is 48.7 Å². The average molecular weight is 245 g/mol. The quantitative estimate of drug-likeness (QED) is 0.838. The van der Waals surface area contributed by atoms with E-state index >= 15 is 0 Å². The van der Waals surface area contributed by atoms with Crippen LogP contribution in [0.5, 0.6) is 5.75 Å². The molecule has 2 aromatic carbocycles. The van der Waals surface area contributed by atoms with Crippen molar-refractivity contribution in [2.75, 3.05) is 5.73 Å². The number of ether oxygens (including phenoxy) is 1. The fraction of sp³-hybridized carbons (Fsp3) is 0.200. The van der Waals surface area contributed by atoms with Crippen LogP contribution in [-0.4, -0.2) is 0 Å². The molecule has 0 amide bonds. The van der Waals surface area contributed by atoms with Crippen LogP contribution in [0.25, 0.3) is 0 Å². The van der Waals surface area contributed by atoms with Gasteiger partial charge in [0, 0.05) is 11.8 Å². The lowest BCUT2D eigenvalue weighted by molar-refractivity contribution is 0.303. The van der Waals surface area contributed by atoms with Crippen molar-refractivity contribution in [2.45, 2.75) is 20.5 Å². The highest BCUT2D eigenvalue weighted by Crippen LogP contribution is 2.22. The number of rotatable bonds is 3. The summed E-state index contributed by atoms with van der Waals surface area (Å²) in [6.07, 6.45) is 0. The molecule has 2 N–H and O–H groups in total.